The Kier molecular flexibility index (Phi) is 8.94. The minimum absolute atomic E-state index is 0.00872. The van der Waals surface area contributed by atoms with Crippen molar-refractivity contribution in [3.63, 3.8) is 0 Å². The van der Waals surface area contributed by atoms with E-state index < -0.39 is 31.9 Å². The fraction of sp³-hybridized carbons (Fsp3) is 0.455. The summed E-state index contributed by atoms with van der Waals surface area (Å²) in [6.07, 6.45) is 0.395. The zero-order valence-corrected chi connectivity index (χ0v) is 29.2. The Hall–Kier alpha value is -3.06. The Balaban J connectivity index is 1.34. The number of carbonyl (C=O) groups is 1. The Bertz CT molecular complexity index is 1720. The van der Waals surface area contributed by atoms with Gasteiger partial charge in [-0.2, -0.15) is 4.98 Å². The second kappa shape index (κ2) is 12.5. The number of carbonyl (C=O) groups excluding carboxylic acids is 1. The van der Waals surface area contributed by atoms with Gasteiger partial charge in [-0.3, -0.25) is 0 Å². The third-order valence-electron chi connectivity index (χ3n) is 9.50. The molecular formula is C33H38Cl2N4O6Si. The first-order valence-electron chi connectivity index (χ1n) is 15.2. The lowest BCUT2D eigenvalue weighted by molar-refractivity contribution is -0.0651. The van der Waals surface area contributed by atoms with Crippen LogP contribution in [0.5, 0.6) is 5.75 Å². The van der Waals surface area contributed by atoms with Crippen LogP contribution in [0.2, 0.25) is 28.6 Å². The van der Waals surface area contributed by atoms with Crippen molar-refractivity contribution in [1.82, 2.24) is 19.5 Å². The summed E-state index contributed by atoms with van der Waals surface area (Å²) in [4.78, 5) is 26.3. The number of hydrogen-bond acceptors (Lipinski definition) is 9. The third kappa shape index (κ3) is 6.04. The van der Waals surface area contributed by atoms with E-state index in [4.69, 9.17) is 46.6 Å². The molecule has 0 N–H and O–H groups in total. The number of rotatable bonds is 11. The van der Waals surface area contributed by atoms with Crippen molar-refractivity contribution < 1.29 is 28.2 Å². The van der Waals surface area contributed by atoms with E-state index in [1.54, 1.807) is 37.7 Å². The number of halogens is 2. The summed E-state index contributed by atoms with van der Waals surface area (Å²) in [5.74, 6) is 0.359. The highest BCUT2D eigenvalue weighted by molar-refractivity contribution is 6.74. The highest BCUT2D eigenvalue weighted by Crippen LogP contribution is 2.68. The van der Waals surface area contributed by atoms with Gasteiger partial charge in [0.25, 0.3) is 0 Å². The van der Waals surface area contributed by atoms with Crippen molar-refractivity contribution in [1.29, 1.82) is 0 Å². The van der Waals surface area contributed by atoms with Crippen LogP contribution in [0.15, 0.2) is 60.9 Å². The zero-order chi connectivity index (χ0) is 32.9. The molecule has 2 aromatic heterocycles. The van der Waals surface area contributed by atoms with E-state index in [1.165, 1.54) is 0 Å². The van der Waals surface area contributed by atoms with Crippen LogP contribution in [0.3, 0.4) is 0 Å². The lowest BCUT2D eigenvalue weighted by Crippen LogP contribution is -2.51. The van der Waals surface area contributed by atoms with Crippen LogP contribution in [0.4, 0.5) is 0 Å². The average molecular weight is 686 g/mol. The average Bonchev–Trinajstić information content (AvgIpc) is 3.26. The minimum atomic E-state index is -2.38. The van der Waals surface area contributed by atoms with Crippen LogP contribution in [0.25, 0.3) is 11.2 Å². The van der Waals surface area contributed by atoms with Gasteiger partial charge in [-0.05, 0) is 59.6 Å². The summed E-state index contributed by atoms with van der Waals surface area (Å²) in [6, 6.07) is 16.4. The van der Waals surface area contributed by atoms with Crippen LogP contribution in [0, 0.1) is 5.41 Å². The quantitative estimate of drug-likeness (QED) is 0.0720. The largest absolute Gasteiger partial charge is 0.497 e. The first-order valence-corrected chi connectivity index (χ1v) is 18.8. The van der Waals surface area contributed by atoms with E-state index in [2.05, 4.69) is 48.8 Å². The van der Waals surface area contributed by atoms with Crippen LogP contribution >= 0.6 is 23.2 Å². The maximum atomic E-state index is 13.3. The van der Waals surface area contributed by atoms with E-state index in [0.29, 0.717) is 23.3 Å². The standard InChI is InChI=1S/C33H38Cl2N4O6Si/c1-32(2,3)46(5,6)45-26-23(17-42-16-20-12-14-22(41-4)15-13-20)44-27-25(39-19-36-24-28(34)37-31(35)38-29(24)39)33(26,27)18-43-30(40)21-10-8-7-9-11-21/h7-15,19,23,25-27H,16-18H2,1-6H3/t23-,25?,26?,27+,33?/m1/s1. The number of aromatic nitrogens is 4. The SMILES string of the molecule is COc1ccc(COC[C@H]2O[C@H]3C(n4cnc5c(Cl)nc(Cl)nc54)C3(COC(=O)c3ccccc3)C2O[Si](C)(C)C(C)(C)C)cc1. The molecule has 1 saturated carbocycles. The molecule has 0 spiro atoms. The molecule has 1 aliphatic heterocycles. The molecule has 0 radical (unpaired) electrons. The summed E-state index contributed by atoms with van der Waals surface area (Å²) in [5, 5.41) is 0.0697. The molecule has 4 aromatic rings. The van der Waals surface area contributed by atoms with E-state index >= 15 is 0 Å². The molecule has 2 aromatic carbocycles. The topological polar surface area (TPSA) is 107 Å². The van der Waals surface area contributed by atoms with Gasteiger partial charge in [0.05, 0.1) is 55.9 Å². The van der Waals surface area contributed by atoms with Crippen LogP contribution in [-0.4, -0.2) is 72.4 Å². The van der Waals surface area contributed by atoms with Gasteiger partial charge in [-0.25, -0.2) is 14.8 Å². The Morgan fingerprint density at radius 2 is 1.78 bits per heavy atom. The number of imidazole rings is 1. The highest BCUT2D eigenvalue weighted by Gasteiger charge is 2.79. The number of fused-ring (bicyclic) bond motifs is 2. The minimum Gasteiger partial charge on any atom is -0.497 e. The molecule has 6 rings (SSSR count). The van der Waals surface area contributed by atoms with Gasteiger partial charge >= 0.3 is 5.97 Å². The fourth-order valence-corrected chi connectivity index (χ4v) is 7.71. The van der Waals surface area contributed by atoms with Crippen LogP contribution < -0.4 is 4.74 Å². The lowest BCUT2D eigenvalue weighted by atomic mass is 9.96. The Morgan fingerprint density at radius 1 is 1.07 bits per heavy atom. The second-order valence-electron chi connectivity index (χ2n) is 13.4. The maximum Gasteiger partial charge on any atom is 0.338 e. The van der Waals surface area contributed by atoms with E-state index in [-0.39, 0.29) is 40.8 Å². The highest BCUT2D eigenvalue weighted by atomic mass is 35.5. The lowest BCUT2D eigenvalue weighted by Gasteiger charge is -2.42. The van der Waals surface area contributed by atoms with Gasteiger partial charge in [0.2, 0.25) is 5.28 Å². The molecule has 3 unspecified atom stereocenters. The number of nitrogens with zero attached hydrogens (tertiary/aromatic N) is 4. The fourth-order valence-electron chi connectivity index (χ4n) is 5.92. The molecule has 2 fully saturated rings. The van der Waals surface area contributed by atoms with Crippen molar-refractivity contribution in [3.05, 3.63) is 82.5 Å². The molecule has 1 saturated heterocycles. The Morgan fingerprint density at radius 3 is 2.46 bits per heavy atom. The maximum absolute atomic E-state index is 13.3. The first-order chi connectivity index (χ1) is 21.9. The molecule has 3 heterocycles. The van der Waals surface area contributed by atoms with Crippen molar-refractivity contribution >= 4 is 48.7 Å². The monoisotopic (exact) mass is 684 g/mol. The van der Waals surface area contributed by atoms with Crippen molar-refractivity contribution in [2.45, 2.75) is 69.9 Å². The van der Waals surface area contributed by atoms with E-state index in [0.717, 1.165) is 11.3 Å². The van der Waals surface area contributed by atoms with Gasteiger partial charge in [0, 0.05) is 0 Å². The molecule has 0 amide bonds. The summed E-state index contributed by atoms with van der Waals surface area (Å²) >= 11 is 12.6. The summed E-state index contributed by atoms with van der Waals surface area (Å²) in [6.45, 7) is 11.7. The summed E-state index contributed by atoms with van der Waals surface area (Å²) < 4.78 is 33.4. The first kappa shape index (κ1) is 32.9. The molecule has 244 valence electrons. The smallest absolute Gasteiger partial charge is 0.338 e. The van der Waals surface area contributed by atoms with Crippen LogP contribution in [0.1, 0.15) is 42.7 Å². The number of hydrogen-bond donors (Lipinski definition) is 0. The molecule has 10 nitrogen and oxygen atoms in total. The zero-order valence-electron chi connectivity index (χ0n) is 26.7. The van der Waals surface area contributed by atoms with Gasteiger partial charge < -0.3 is 27.9 Å². The predicted molar refractivity (Wildman–Crippen MR) is 177 cm³/mol. The molecular weight excluding hydrogens is 647 g/mol. The Labute approximate surface area is 279 Å². The molecule has 5 atom stereocenters. The second-order valence-corrected chi connectivity index (χ2v) is 18.8. The van der Waals surface area contributed by atoms with Gasteiger partial charge in [0.1, 0.15) is 24.0 Å². The predicted octanol–water partition coefficient (Wildman–Crippen LogP) is 6.91. The van der Waals surface area contributed by atoms with Crippen molar-refractivity contribution in [2.75, 3.05) is 20.3 Å². The van der Waals surface area contributed by atoms with Crippen molar-refractivity contribution in [2.24, 2.45) is 5.41 Å². The number of benzene rings is 2. The molecule has 2 aliphatic rings. The molecule has 13 heteroatoms. The van der Waals surface area contributed by atoms with Crippen LogP contribution in [-0.2, 0) is 25.2 Å². The van der Waals surface area contributed by atoms with E-state index in [9.17, 15) is 4.79 Å². The van der Waals surface area contributed by atoms with Gasteiger partial charge in [-0.1, -0.05) is 62.7 Å². The summed E-state index contributed by atoms with van der Waals surface area (Å²) in [7, 11) is -0.738. The molecule has 1 aliphatic carbocycles. The number of ether oxygens (including phenoxy) is 4. The normalized spacial score (nSPS) is 24.2. The van der Waals surface area contributed by atoms with Gasteiger partial charge in [-0.15, -0.1) is 0 Å². The van der Waals surface area contributed by atoms with Gasteiger partial charge in [0.15, 0.2) is 19.1 Å². The van der Waals surface area contributed by atoms with E-state index in [1.807, 2.05) is 34.9 Å². The molecule has 0 bridgehead atoms. The molecule has 46 heavy (non-hydrogen) atoms. The van der Waals surface area contributed by atoms with Crippen molar-refractivity contribution in [3.8, 4) is 5.75 Å². The summed E-state index contributed by atoms with van der Waals surface area (Å²) in [5.41, 5.74) is 1.61. The number of methoxy groups -OCH3 is 1. The third-order valence-corrected chi connectivity index (χ3v) is 14.4. The number of esters is 1.